The van der Waals surface area contributed by atoms with Gasteiger partial charge in [-0.15, -0.1) is 11.3 Å². The molecule has 1 amide bonds. The first-order chi connectivity index (χ1) is 12.4. The van der Waals surface area contributed by atoms with Crippen molar-refractivity contribution >= 4 is 28.9 Å². The Morgan fingerprint density at radius 1 is 1.12 bits per heavy atom. The summed E-state index contributed by atoms with van der Waals surface area (Å²) in [5, 5.41) is 11.3. The molecular formula is C18H12F2N2O3S. The van der Waals surface area contributed by atoms with E-state index in [2.05, 4.69) is 10.3 Å². The molecule has 3 rings (SSSR count). The number of carboxylic acid groups (broad SMARTS) is 1. The van der Waals surface area contributed by atoms with Gasteiger partial charge in [-0.1, -0.05) is 18.2 Å². The van der Waals surface area contributed by atoms with Gasteiger partial charge < -0.3 is 10.4 Å². The topological polar surface area (TPSA) is 79.3 Å². The minimum Gasteiger partial charge on any atom is -0.478 e. The van der Waals surface area contributed by atoms with Crippen LogP contribution >= 0.6 is 11.3 Å². The van der Waals surface area contributed by atoms with Crippen LogP contribution in [0.25, 0.3) is 10.4 Å². The Morgan fingerprint density at radius 3 is 2.42 bits per heavy atom. The van der Waals surface area contributed by atoms with Gasteiger partial charge in [0.15, 0.2) is 5.01 Å². The molecule has 1 aromatic heterocycles. The average molecular weight is 374 g/mol. The highest BCUT2D eigenvalue weighted by Crippen LogP contribution is 2.31. The molecule has 132 valence electrons. The summed E-state index contributed by atoms with van der Waals surface area (Å²) in [6.07, 6.45) is 0. The summed E-state index contributed by atoms with van der Waals surface area (Å²) >= 11 is 1.01. The number of halogens is 2. The molecule has 8 heteroatoms. The highest BCUT2D eigenvalue weighted by molar-refractivity contribution is 7.17. The van der Waals surface area contributed by atoms with Crippen molar-refractivity contribution < 1.29 is 23.5 Å². The van der Waals surface area contributed by atoms with Crippen LogP contribution in [0, 0.1) is 18.6 Å². The van der Waals surface area contributed by atoms with Gasteiger partial charge in [0.25, 0.3) is 5.91 Å². The minimum absolute atomic E-state index is 0.0147. The number of hydrogen-bond acceptors (Lipinski definition) is 4. The third kappa shape index (κ3) is 3.45. The molecule has 2 aromatic carbocycles. The number of rotatable bonds is 4. The lowest BCUT2D eigenvalue weighted by atomic mass is 10.1. The van der Waals surface area contributed by atoms with Gasteiger partial charge in [-0.05, 0) is 36.8 Å². The monoisotopic (exact) mass is 374 g/mol. The van der Waals surface area contributed by atoms with Crippen molar-refractivity contribution in [1.29, 1.82) is 0 Å². The predicted molar refractivity (Wildman–Crippen MR) is 93.6 cm³/mol. The first-order valence-electron chi connectivity index (χ1n) is 7.43. The minimum atomic E-state index is -1.07. The van der Waals surface area contributed by atoms with Crippen LogP contribution < -0.4 is 5.32 Å². The normalized spacial score (nSPS) is 10.6. The largest absolute Gasteiger partial charge is 0.478 e. The molecule has 26 heavy (non-hydrogen) atoms. The van der Waals surface area contributed by atoms with E-state index in [1.807, 2.05) is 0 Å². The molecule has 0 aliphatic carbocycles. The predicted octanol–water partition coefficient (Wildman–Crippen LogP) is 4.35. The van der Waals surface area contributed by atoms with Gasteiger partial charge in [0.2, 0.25) is 0 Å². The zero-order valence-electron chi connectivity index (χ0n) is 13.4. The highest BCUT2D eigenvalue weighted by atomic mass is 32.1. The molecule has 0 radical (unpaired) electrons. The smallest absolute Gasteiger partial charge is 0.335 e. The second-order valence-electron chi connectivity index (χ2n) is 5.37. The first-order valence-corrected chi connectivity index (χ1v) is 8.25. The van der Waals surface area contributed by atoms with E-state index in [-0.39, 0.29) is 10.6 Å². The number of carbonyl (C=O) groups excluding carboxylic acids is 1. The van der Waals surface area contributed by atoms with Crippen LogP contribution in [0.2, 0.25) is 0 Å². The van der Waals surface area contributed by atoms with Gasteiger partial charge in [-0.3, -0.25) is 4.79 Å². The fourth-order valence-electron chi connectivity index (χ4n) is 2.34. The molecule has 0 unspecified atom stereocenters. The van der Waals surface area contributed by atoms with Crippen molar-refractivity contribution in [3.05, 3.63) is 70.4 Å². The maximum Gasteiger partial charge on any atom is 0.335 e. The van der Waals surface area contributed by atoms with Crippen LogP contribution in [0.15, 0.2) is 42.5 Å². The maximum absolute atomic E-state index is 13.7. The molecule has 0 aliphatic rings. The number of anilines is 1. The Bertz CT molecular complexity index is 997. The van der Waals surface area contributed by atoms with E-state index >= 15 is 0 Å². The number of aromatic nitrogens is 1. The van der Waals surface area contributed by atoms with Gasteiger partial charge in [0.05, 0.1) is 16.1 Å². The molecule has 1 heterocycles. The van der Waals surface area contributed by atoms with Gasteiger partial charge in [-0.25, -0.2) is 18.6 Å². The van der Waals surface area contributed by atoms with E-state index in [4.69, 9.17) is 5.11 Å². The van der Waals surface area contributed by atoms with Gasteiger partial charge in [0.1, 0.15) is 17.3 Å². The van der Waals surface area contributed by atoms with Crippen molar-refractivity contribution in [2.75, 3.05) is 5.32 Å². The molecule has 2 N–H and O–H groups in total. The number of aromatic carboxylic acids is 1. The number of nitrogens with one attached hydrogen (secondary N) is 1. The Labute approximate surface area is 150 Å². The van der Waals surface area contributed by atoms with Crippen molar-refractivity contribution in [3.63, 3.8) is 0 Å². The zero-order chi connectivity index (χ0) is 18.8. The molecule has 3 aromatic rings. The number of para-hydroxylation sites is 1. The Morgan fingerprint density at radius 2 is 1.77 bits per heavy atom. The number of amides is 1. The average Bonchev–Trinajstić information content (AvgIpc) is 3.00. The van der Waals surface area contributed by atoms with Gasteiger partial charge in [-0.2, -0.15) is 0 Å². The third-order valence-corrected chi connectivity index (χ3v) is 4.77. The number of carboxylic acids is 1. The fraction of sp³-hybridized carbons (Fsp3) is 0.0556. The molecule has 0 atom stereocenters. The van der Waals surface area contributed by atoms with Gasteiger partial charge in [0, 0.05) is 0 Å². The summed E-state index contributed by atoms with van der Waals surface area (Å²) in [4.78, 5) is 28.1. The van der Waals surface area contributed by atoms with Gasteiger partial charge >= 0.3 is 5.97 Å². The van der Waals surface area contributed by atoms with Crippen LogP contribution in [0.4, 0.5) is 14.5 Å². The number of nitrogens with zero attached hydrogens (tertiary/aromatic N) is 1. The number of carbonyl (C=O) groups is 2. The summed E-state index contributed by atoms with van der Waals surface area (Å²) in [7, 11) is 0. The molecule has 0 aliphatic heterocycles. The SMILES string of the molecule is Cc1nc(C(=O)Nc2c(F)cccc2F)sc1-c1cccc(C(=O)O)c1. The Balaban J connectivity index is 1.92. The summed E-state index contributed by atoms with van der Waals surface area (Å²) in [6.45, 7) is 1.67. The summed E-state index contributed by atoms with van der Waals surface area (Å²) < 4.78 is 27.3. The van der Waals surface area contributed by atoms with E-state index in [1.165, 1.54) is 18.2 Å². The summed E-state index contributed by atoms with van der Waals surface area (Å²) in [5.41, 5.74) is 0.669. The van der Waals surface area contributed by atoms with E-state index in [0.29, 0.717) is 16.1 Å². The van der Waals surface area contributed by atoms with E-state index < -0.39 is 29.2 Å². The molecule has 0 saturated carbocycles. The van der Waals surface area contributed by atoms with Crippen molar-refractivity contribution in [3.8, 4) is 10.4 Å². The van der Waals surface area contributed by atoms with Crippen molar-refractivity contribution in [2.24, 2.45) is 0 Å². The van der Waals surface area contributed by atoms with Crippen LogP contribution in [0.3, 0.4) is 0 Å². The lowest BCUT2D eigenvalue weighted by Crippen LogP contribution is -2.14. The lowest BCUT2D eigenvalue weighted by Gasteiger charge is -2.05. The fourth-order valence-corrected chi connectivity index (χ4v) is 3.30. The second kappa shape index (κ2) is 7.01. The third-order valence-electron chi connectivity index (χ3n) is 3.56. The number of thiazole rings is 1. The lowest BCUT2D eigenvalue weighted by molar-refractivity contribution is 0.0696. The molecule has 0 spiro atoms. The standard InChI is InChI=1S/C18H12F2N2O3S/c1-9-15(10-4-2-5-11(8-10)18(24)25)26-17(21-9)16(23)22-14-12(19)6-3-7-13(14)20/h2-8H,1H3,(H,22,23)(H,24,25). The Hall–Kier alpha value is -3.13. The summed E-state index contributed by atoms with van der Waals surface area (Å²) in [6, 6.07) is 9.49. The summed E-state index contributed by atoms with van der Waals surface area (Å²) in [5.74, 6) is -3.59. The second-order valence-corrected chi connectivity index (χ2v) is 6.37. The number of benzene rings is 2. The molecule has 0 saturated heterocycles. The van der Waals surface area contributed by atoms with Crippen molar-refractivity contribution in [2.45, 2.75) is 6.92 Å². The van der Waals surface area contributed by atoms with E-state index in [1.54, 1.807) is 19.1 Å². The first kappa shape index (κ1) is 17.7. The molecule has 0 fully saturated rings. The zero-order valence-corrected chi connectivity index (χ0v) is 14.2. The maximum atomic E-state index is 13.7. The molecule has 0 bridgehead atoms. The Kier molecular flexibility index (Phi) is 4.77. The number of aryl methyl sites for hydroxylation is 1. The van der Waals surface area contributed by atoms with E-state index in [0.717, 1.165) is 23.5 Å². The molecule has 5 nitrogen and oxygen atoms in total. The molecular weight excluding hydrogens is 362 g/mol. The van der Waals surface area contributed by atoms with E-state index in [9.17, 15) is 18.4 Å². The van der Waals surface area contributed by atoms with Crippen LogP contribution in [0.5, 0.6) is 0 Å². The van der Waals surface area contributed by atoms with Crippen LogP contribution in [0.1, 0.15) is 25.9 Å². The van der Waals surface area contributed by atoms with Crippen molar-refractivity contribution in [1.82, 2.24) is 4.98 Å². The van der Waals surface area contributed by atoms with Crippen LogP contribution in [-0.2, 0) is 0 Å². The van der Waals surface area contributed by atoms with Crippen LogP contribution in [-0.4, -0.2) is 22.0 Å². The quantitative estimate of drug-likeness (QED) is 0.712. The highest BCUT2D eigenvalue weighted by Gasteiger charge is 2.19. The number of hydrogen-bond donors (Lipinski definition) is 2.